The molecule has 0 saturated carbocycles. The first-order chi connectivity index (χ1) is 10.6. The second kappa shape index (κ2) is 9.35. The molecule has 11 nitrogen and oxygen atoms in total. The summed E-state index contributed by atoms with van der Waals surface area (Å²) in [6, 6.07) is -3.69. The number of amides is 3. The SMILES string of the molecule is CC(NC(=O)C(C)NC(=O)C(CC(=O)O)NC(=O)CN)C(=O)O. The van der Waals surface area contributed by atoms with E-state index in [0.29, 0.717) is 0 Å². The van der Waals surface area contributed by atoms with Gasteiger partial charge in [-0.05, 0) is 13.8 Å². The third-order valence-corrected chi connectivity index (χ3v) is 2.70. The van der Waals surface area contributed by atoms with Gasteiger partial charge in [-0.25, -0.2) is 0 Å². The zero-order valence-electron chi connectivity index (χ0n) is 12.7. The predicted octanol–water partition coefficient (Wildman–Crippen LogP) is -3.00. The lowest BCUT2D eigenvalue weighted by atomic mass is 10.1. The number of nitrogens with two attached hydrogens (primary N) is 1. The molecule has 0 radical (unpaired) electrons. The third kappa shape index (κ3) is 7.76. The summed E-state index contributed by atoms with van der Waals surface area (Å²) in [5, 5.41) is 23.9. The third-order valence-electron chi connectivity index (χ3n) is 2.70. The van der Waals surface area contributed by atoms with E-state index >= 15 is 0 Å². The summed E-state index contributed by atoms with van der Waals surface area (Å²) in [6.45, 7) is 2.09. The molecule has 0 aromatic carbocycles. The highest BCUT2D eigenvalue weighted by atomic mass is 16.4. The van der Waals surface area contributed by atoms with Crippen LogP contribution in [-0.4, -0.2) is 64.5 Å². The van der Waals surface area contributed by atoms with Crippen LogP contribution in [0.3, 0.4) is 0 Å². The van der Waals surface area contributed by atoms with Crippen LogP contribution in [0.1, 0.15) is 20.3 Å². The Balaban J connectivity index is 4.76. The second-order valence-electron chi connectivity index (χ2n) is 4.72. The number of carbonyl (C=O) groups excluding carboxylic acids is 3. The first-order valence-corrected chi connectivity index (χ1v) is 6.63. The van der Waals surface area contributed by atoms with Crippen molar-refractivity contribution in [3.05, 3.63) is 0 Å². The summed E-state index contributed by atoms with van der Waals surface area (Å²) in [6.07, 6.45) is -0.697. The minimum atomic E-state index is -1.41. The molecule has 3 atom stereocenters. The Hall–Kier alpha value is -2.69. The summed E-state index contributed by atoms with van der Waals surface area (Å²) < 4.78 is 0. The first-order valence-electron chi connectivity index (χ1n) is 6.63. The van der Waals surface area contributed by atoms with Gasteiger partial charge in [0.1, 0.15) is 18.1 Å². The molecule has 0 aliphatic rings. The van der Waals surface area contributed by atoms with Crippen molar-refractivity contribution < 1.29 is 34.2 Å². The Morgan fingerprint density at radius 3 is 1.87 bits per heavy atom. The van der Waals surface area contributed by atoms with E-state index in [1.807, 2.05) is 0 Å². The van der Waals surface area contributed by atoms with E-state index in [1.165, 1.54) is 13.8 Å². The molecule has 0 bridgehead atoms. The standard InChI is InChI=1S/C12H20N4O7/c1-5(10(20)15-6(2)12(22)23)14-11(21)7(3-9(18)19)16-8(17)4-13/h5-7H,3-4,13H2,1-2H3,(H,14,21)(H,15,20)(H,16,17)(H,18,19)(H,22,23). The van der Waals surface area contributed by atoms with Crippen LogP contribution in [0.25, 0.3) is 0 Å². The number of hydrogen-bond donors (Lipinski definition) is 6. The molecular weight excluding hydrogens is 312 g/mol. The molecule has 23 heavy (non-hydrogen) atoms. The smallest absolute Gasteiger partial charge is 0.325 e. The van der Waals surface area contributed by atoms with Crippen LogP contribution in [-0.2, 0) is 24.0 Å². The molecule has 3 amide bonds. The minimum Gasteiger partial charge on any atom is -0.481 e. The fraction of sp³-hybridized carbons (Fsp3) is 0.583. The van der Waals surface area contributed by atoms with Crippen molar-refractivity contribution >= 4 is 29.7 Å². The average Bonchev–Trinajstić information content (AvgIpc) is 2.45. The molecule has 0 spiro atoms. The van der Waals surface area contributed by atoms with Crippen LogP contribution < -0.4 is 21.7 Å². The van der Waals surface area contributed by atoms with E-state index in [-0.39, 0.29) is 0 Å². The van der Waals surface area contributed by atoms with E-state index in [9.17, 15) is 24.0 Å². The fourth-order valence-electron chi connectivity index (χ4n) is 1.42. The van der Waals surface area contributed by atoms with E-state index in [2.05, 4.69) is 16.0 Å². The Morgan fingerprint density at radius 2 is 1.43 bits per heavy atom. The Bertz CT molecular complexity index is 494. The molecule has 0 aromatic rings. The van der Waals surface area contributed by atoms with Crippen molar-refractivity contribution in [1.29, 1.82) is 0 Å². The Labute approximate surface area is 131 Å². The summed E-state index contributed by atoms with van der Waals surface area (Å²) in [7, 11) is 0. The highest BCUT2D eigenvalue weighted by Gasteiger charge is 2.27. The van der Waals surface area contributed by atoms with Gasteiger partial charge in [0.25, 0.3) is 0 Å². The van der Waals surface area contributed by atoms with Gasteiger partial charge in [-0.1, -0.05) is 0 Å². The van der Waals surface area contributed by atoms with Crippen LogP contribution in [0.2, 0.25) is 0 Å². The van der Waals surface area contributed by atoms with Crippen molar-refractivity contribution in [2.24, 2.45) is 5.73 Å². The van der Waals surface area contributed by atoms with Crippen LogP contribution >= 0.6 is 0 Å². The van der Waals surface area contributed by atoms with Gasteiger partial charge >= 0.3 is 11.9 Å². The minimum absolute atomic E-state index is 0.435. The lowest BCUT2D eigenvalue weighted by molar-refractivity contribution is -0.142. The summed E-state index contributed by atoms with van der Waals surface area (Å²) in [5.41, 5.74) is 5.07. The number of carboxylic acid groups (broad SMARTS) is 2. The zero-order valence-corrected chi connectivity index (χ0v) is 12.7. The van der Waals surface area contributed by atoms with Gasteiger partial charge in [0.2, 0.25) is 17.7 Å². The van der Waals surface area contributed by atoms with E-state index in [1.54, 1.807) is 0 Å². The maximum atomic E-state index is 11.9. The van der Waals surface area contributed by atoms with Crippen molar-refractivity contribution in [2.45, 2.75) is 38.4 Å². The maximum Gasteiger partial charge on any atom is 0.325 e. The van der Waals surface area contributed by atoms with Gasteiger partial charge in [0, 0.05) is 0 Å². The summed E-state index contributed by atoms with van der Waals surface area (Å²) >= 11 is 0. The molecule has 0 saturated heterocycles. The number of carbonyl (C=O) groups is 5. The van der Waals surface area contributed by atoms with Crippen LogP contribution in [0.4, 0.5) is 0 Å². The lowest BCUT2D eigenvalue weighted by Gasteiger charge is -2.20. The molecule has 11 heteroatoms. The van der Waals surface area contributed by atoms with Gasteiger partial charge < -0.3 is 31.9 Å². The van der Waals surface area contributed by atoms with E-state index in [4.69, 9.17) is 15.9 Å². The van der Waals surface area contributed by atoms with E-state index in [0.717, 1.165) is 0 Å². The molecule has 0 aliphatic heterocycles. The van der Waals surface area contributed by atoms with Crippen molar-refractivity contribution in [3.63, 3.8) is 0 Å². The number of carboxylic acids is 2. The maximum absolute atomic E-state index is 11.9. The molecule has 3 unspecified atom stereocenters. The van der Waals surface area contributed by atoms with E-state index < -0.39 is 60.8 Å². The van der Waals surface area contributed by atoms with Crippen LogP contribution in [0.15, 0.2) is 0 Å². The number of nitrogens with one attached hydrogen (secondary N) is 3. The summed E-state index contributed by atoms with van der Waals surface area (Å²) in [4.78, 5) is 56.2. The number of hydrogen-bond acceptors (Lipinski definition) is 6. The molecule has 130 valence electrons. The predicted molar refractivity (Wildman–Crippen MR) is 76.1 cm³/mol. The second-order valence-corrected chi connectivity index (χ2v) is 4.72. The number of rotatable bonds is 9. The fourth-order valence-corrected chi connectivity index (χ4v) is 1.42. The molecule has 0 fully saturated rings. The van der Waals surface area contributed by atoms with Crippen molar-refractivity contribution in [2.75, 3.05) is 6.54 Å². The Kier molecular flexibility index (Phi) is 8.26. The monoisotopic (exact) mass is 332 g/mol. The highest BCUT2D eigenvalue weighted by Crippen LogP contribution is 1.96. The van der Waals surface area contributed by atoms with Gasteiger partial charge in [-0.2, -0.15) is 0 Å². The van der Waals surface area contributed by atoms with Crippen molar-refractivity contribution in [3.8, 4) is 0 Å². The van der Waals surface area contributed by atoms with Crippen LogP contribution in [0.5, 0.6) is 0 Å². The zero-order chi connectivity index (χ0) is 18.2. The number of aliphatic carboxylic acids is 2. The quantitative estimate of drug-likeness (QED) is 0.257. The van der Waals surface area contributed by atoms with Crippen LogP contribution in [0, 0.1) is 0 Å². The molecule has 0 aromatic heterocycles. The molecule has 0 rings (SSSR count). The normalized spacial score (nSPS) is 14.0. The first kappa shape index (κ1) is 20.3. The van der Waals surface area contributed by atoms with Gasteiger partial charge in [0.15, 0.2) is 0 Å². The summed E-state index contributed by atoms with van der Waals surface area (Å²) in [5.74, 6) is -5.00. The molecule has 7 N–H and O–H groups in total. The van der Waals surface area contributed by atoms with Crippen molar-refractivity contribution in [1.82, 2.24) is 16.0 Å². The molecule has 0 heterocycles. The molecular formula is C12H20N4O7. The largest absolute Gasteiger partial charge is 0.481 e. The van der Waals surface area contributed by atoms with Gasteiger partial charge in [-0.3, -0.25) is 24.0 Å². The Morgan fingerprint density at radius 1 is 0.913 bits per heavy atom. The average molecular weight is 332 g/mol. The lowest BCUT2D eigenvalue weighted by Crippen LogP contribution is -2.55. The highest BCUT2D eigenvalue weighted by molar-refractivity contribution is 5.94. The van der Waals surface area contributed by atoms with Gasteiger partial charge in [-0.15, -0.1) is 0 Å². The molecule has 0 aliphatic carbocycles. The van der Waals surface area contributed by atoms with Gasteiger partial charge in [0.05, 0.1) is 13.0 Å². The topological polar surface area (TPSA) is 188 Å².